The van der Waals surface area contributed by atoms with E-state index in [0.29, 0.717) is 22.0 Å². The Balaban J connectivity index is 1.49. The Kier molecular flexibility index (Phi) is 10.00. The maximum atomic E-state index is 15.1. The van der Waals surface area contributed by atoms with Gasteiger partial charge in [0, 0.05) is 42.0 Å². The third kappa shape index (κ3) is 7.04. The lowest BCUT2D eigenvalue weighted by atomic mass is 9.97. The van der Waals surface area contributed by atoms with Crippen molar-refractivity contribution in [1.29, 1.82) is 0 Å². The van der Waals surface area contributed by atoms with Crippen molar-refractivity contribution in [2.75, 3.05) is 11.9 Å². The molecule has 3 aromatic rings. The fourth-order valence-corrected chi connectivity index (χ4v) is 5.97. The minimum atomic E-state index is -1.39. The minimum Gasteiger partial charge on any atom is -0.330 e. The van der Waals surface area contributed by atoms with Crippen molar-refractivity contribution in [2.24, 2.45) is 11.7 Å². The topological polar surface area (TPSA) is 89.3 Å². The van der Waals surface area contributed by atoms with Crippen LogP contribution >= 0.6 is 58.0 Å². The maximum Gasteiger partial charge on any atom is 0.231 e. The summed E-state index contributed by atoms with van der Waals surface area (Å²) in [4.78, 5) is 38.3. The molecule has 0 heterocycles. The molecule has 1 fully saturated rings. The molecular formula is C29H23Cl5F2N2O3. The molecule has 0 unspecified atom stereocenters. The highest BCUT2D eigenvalue weighted by molar-refractivity contribution is 6.53. The Bertz CT molecular complexity index is 1530. The number of hydrogen-bond acceptors (Lipinski definition) is 4. The van der Waals surface area contributed by atoms with Gasteiger partial charge in [-0.2, -0.15) is 0 Å². The number of Topliss-reactive ketones (excluding diaryl/α,β-unsaturated/α-hetero) is 2. The summed E-state index contributed by atoms with van der Waals surface area (Å²) in [7, 11) is 0. The number of anilines is 1. The highest BCUT2D eigenvalue weighted by atomic mass is 35.5. The van der Waals surface area contributed by atoms with Gasteiger partial charge in [0.2, 0.25) is 5.91 Å². The zero-order chi connectivity index (χ0) is 30.1. The summed E-state index contributed by atoms with van der Waals surface area (Å²) >= 11 is 31.2. The summed E-state index contributed by atoms with van der Waals surface area (Å²) in [6.45, 7) is 0.280. The first-order valence-electron chi connectivity index (χ1n) is 12.5. The van der Waals surface area contributed by atoms with Crippen LogP contribution in [-0.4, -0.2) is 28.4 Å². The van der Waals surface area contributed by atoms with Crippen LogP contribution in [0.15, 0.2) is 48.5 Å². The van der Waals surface area contributed by atoms with Gasteiger partial charge in [0.25, 0.3) is 0 Å². The molecule has 4 rings (SSSR count). The van der Waals surface area contributed by atoms with Crippen molar-refractivity contribution in [2.45, 2.75) is 35.9 Å². The quantitative estimate of drug-likeness (QED) is 0.163. The van der Waals surface area contributed by atoms with Crippen LogP contribution in [0.2, 0.25) is 15.1 Å². The third-order valence-electron chi connectivity index (χ3n) is 6.82. The van der Waals surface area contributed by atoms with Gasteiger partial charge < -0.3 is 11.1 Å². The highest BCUT2D eigenvalue weighted by Crippen LogP contribution is 2.65. The van der Waals surface area contributed by atoms with E-state index >= 15 is 4.39 Å². The first kappa shape index (κ1) is 31.7. The lowest BCUT2D eigenvalue weighted by molar-refractivity contribution is -0.119. The van der Waals surface area contributed by atoms with Gasteiger partial charge in [-0.25, -0.2) is 8.78 Å². The van der Waals surface area contributed by atoms with E-state index in [1.165, 1.54) is 18.2 Å². The van der Waals surface area contributed by atoms with E-state index in [1.54, 1.807) is 18.2 Å². The predicted molar refractivity (Wildman–Crippen MR) is 159 cm³/mol. The zero-order valence-electron chi connectivity index (χ0n) is 21.3. The molecule has 0 spiro atoms. The van der Waals surface area contributed by atoms with E-state index in [1.807, 2.05) is 0 Å². The number of halogens is 7. The van der Waals surface area contributed by atoms with Crippen molar-refractivity contribution >= 4 is 81.2 Å². The first-order chi connectivity index (χ1) is 19.3. The van der Waals surface area contributed by atoms with Crippen LogP contribution in [0.4, 0.5) is 14.5 Å². The molecule has 0 aromatic heterocycles. The van der Waals surface area contributed by atoms with Crippen molar-refractivity contribution in [3.05, 3.63) is 97.5 Å². The molecule has 3 N–H and O–H groups in total. The second-order valence-corrected chi connectivity index (χ2v) is 12.4. The number of benzene rings is 3. The molecule has 0 aliphatic heterocycles. The number of carbonyl (C=O) groups is 3. The number of amides is 1. The summed E-state index contributed by atoms with van der Waals surface area (Å²) in [6, 6.07) is 11.3. The number of hydrogen-bond donors (Lipinski definition) is 2. The van der Waals surface area contributed by atoms with Crippen LogP contribution in [0.3, 0.4) is 0 Å². The fourth-order valence-electron chi connectivity index (χ4n) is 4.61. The van der Waals surface area contributed by atoms with E-state index in [2.05, 4.69) is 5.32 Å². The molecule has 12 heteroatoms. The molecule has 1 saturated carbocycles. The van der Waals surface area contributed by atoms with Crippen molar-refractivity contribution in [3.63, 3.8) is 0 Å². The normalized spacial score (nSPS) is 17.3. The minimum absolute atomic E-state index is 0.00797. The molecule has 1 aliphatic carbocycles. The average Bonchev–Trinajstić information content (AvgIpc) is 3.51. The van der Waals surface area contributed by atoms with Crippen LogP contribution in [0.25, 0.3) is 0 Å². The molecule has 0 bridgehead atoms. The molecule has 0 radical (unpaired) electrons. The Hall–Kier alpha value is -2.26. The van der Waals surface area contributed by atoms with E-state index in [4.69, 9.17) is 63.7 Å². The molecule has 2 atom stereocenters. The molecule has 1 amide bonds. The van der Waals surface area contributed by atoms with Crippen LogP contribution in [0, 0.1) is 17.6 Å². The van der Waals surface area contributed by atoms with E-state index in [9.17, 15) is 18.8 Å². The van der Waals surface area contributed by atoms with Gasteiger partial charge in [-0.3, -0.25) is 14.4 Å². The Labute approximate surface area is 260 Å². The maximum absolute atomic E-state index is 15.1. The second kappa shape index (κ2) is 12.9. The Morgan fingerprint density at radius 2 is 1.61 bits per heavy atom. The molecule has 3 aromatic carbocycles. The number of nitrogens with two attached hydrogens (primary N) is 1. The van der Waals surface area contributed by atoms with Gasteiger partial charge in [0.1, 0.15) is 21.8 Å². The molecule has 5 nitrogen and oxygen atoms in total. The van der Waals surface area contributed by atoms with E-state index in [0.717, 1.165) is 12.1 Å². The van der Waals surface area contributed by atoms with Gasteiger partial charge in [-0.05, 0) is 60.5 Å². The Morgan fingerprint density at radius 1 is 0.902 bits per heavy atom. The standard InChI is InChI=1S/C29H23Cl5F2N2O3/c30-20-7-5-16(38-28(41)26-25(29(26,33)34)14-3-6-21(31)22(32)10-14)12-18(20)24(40)11-15-4-8-23(35)19(27(15)36)13-17(39)2-1-9-37/h3-8,10,12,25-26H,1-2,9,11,13,37H2,(H,38,41)/t25-,26+/m0/s1. The van der Waals surface area contributed by atoms with Gasteiger partial charge in [-0.1, -0.05) is 46.9 Å². The Morgan fingerprint density at radius 3 is 2.29 bits per heavy atom. The van der Waals surface area contributed by atoms with E-state index < -0.39 is 57.9 Å². The molecule has 41 heavy (non-hydrogen) atoms. The fraction of sp³-hybridized carbons (Fsp3) is 0.276. The number of ketones is 2. The lowest BCUT2D eigenvalue weighted by Crippen LogP contribution is -2.17. The van der Waals surface area contributed by atoms with Crippen LogP contribution in [0.5, 0.6) is 0 Å². The van der Waals surface area contributed by atoms with Gasteiger partial charge in [0.15, 0.2) is 5.78 Å². The molecule has 0 saturated heterocycles. The summed E-state index contributed by atoms with van der Waals surface area (Å²) in [5, 5.41) is 3.40. The smallest absolute Gasteiger partial charge is 0.231 e. The van der Waals surface area contributed by atoms with Crippen molar-refractivity contribution in [3.8, 4) is 0 Å². The SMILES string of the molecule is NCCCC(=O)Cc1c(F)ccc(CC(=O)c2cc(NC(=O)[C@H]3[C@H](c4ccc(Cl)c(Cl)c4)C3(Cl)Cl)ccc2Cl)c1F. The molecule has 1 aliphatic rings. The average molecular weight is 663 g/mol. The van der Waals surface area contributed by atoms with Gasteiger partial charge >= 0.3 is 0 Å². The predicted octanol–water partition coefficient (Wildman–Crippen LogP) is 7.73. The van der Waals surface area contributed by atoms with Crippen molar-refractivity contribution in [1.82, 2.24) is 0 Å². The summed E-state index contributed by atoms with van der Waals surface area (Å²) in [5.74, 6) is -4.66. The monoisotopic (exact) mass is 660 g/mol. The van der Waals surface area contributed by atoms with Crippen LogP contribution < -0.4 is 11.1 Å². The van der Waals surface area contributed by atoms with E-state index in [-0.39, 0.29) is 40.6 Å². The third-order valence-corrected chi connectivity index (χ3v) is 8.83. The number of nitrogens with one attached hydrogen (secondary N) is 1. The molecular weight excluding hydrogens is 640 g/mol. The zero-order valence-corrected chi connectivity index (χ0v) is 25.0. The summed E-state index contributed by atoms with van der Waals surface area (Å²) in [6.07, 6.45) is -0.410. The van der Waals surface area contributed by atoms with Crippen molar-refractivity contribution < 1.29 is 23.2 Å². The van der Waals surface area contributed by atoms with Gasteiger partial charge in [-0.15, -0.1) is 23.2 Å². The lowest BCUT2D eigenvalue weighted by Gasteiger charge is -2.11. The summed E-state index contributed by atoms with van der Waals surface area (Å²) < 4.78 is 28.1. The van der Waals surface area contributed by atoms with Gasteiger partial charge in [0.05, 0.1) is 21.0 Å². The number of alkyl halides is 2. The largest absolute Gasteiger partial charge is 0.330 e. The summed E-state index contributed by atoms with van der Waals surface area (Å²) in [5.41, 5.74) is 5.77. The number of rotatable bonds is 11. The second-order valence-electron chi connectivity index (χ2n) is 9.69. The van der Waals surface area contributed by atoms with Crippen LogP contribution in [-0.2, 0) is 22.4 Å². The number of carbonyl (C=O) groups excluding carboxylic acids is 3. The first-order valence-corrected chi connectivity index (χ1v) is 14.4. The highest BCUT2D eigenvalue weighted by Gasteiger charge is 2.67. The van der Waals surface area contributed by atoms with Crippen LogP contribution in [0.1, 0.15) is 45.8 Å². The molecule has 216 valence electrons.